The van der Waals surface area contributed by atoms with Crippen molar-refractivity contribution in [3.63, 3.8) is 0 Å². The van der Waals surface area contributed by atoms with Gasteiger partial charge >= 0.3 is 12.3 Å². The molecule has 3 N–H and O–H groups in total. The number of rotatable bonds is 8. The molecular weight excluding hydrogens is 543 g/mol. The van der Waals surface area contributed by atoms with Crippen LogP contribution in [-0.2, 0) is 34.1 Å². The molecule has 0 radical (unpaired) electrons. The summed E-state index contributed by atoms with van der Waals surface area (Å²) in [5, 5.41) is 18.0. The normalized spacial score (nSPS) is 15.3. The van der Waals surface area contributed by atoms with Gasteiger partial charge in [0.15, 0.2) is 0 Å². The second kappa shape index (κ2) is 10.8. The van der Waals surface area contributed by atoms with Gasteiger partial charge < -0.3 is 15.2 Å². The minimum Gasteiger partial charge on any atom is -0.486 e. The van der Waals surface area contributed by atoms with Crippen LogP contribution >= 0.6 is 0 Å². The van der Waals surface area contributed by atoms with E-state index in [-0.39, 0.29) is 30.1 Å². The van der Waals surface area contributed by atoms with E-state index < -0.39 is 51.3 Å². The van der Waals surface area contributed by atoms with Crippen molar-refractivity contribution < 1.29 is 41.0 Å². The third kappa shape index (κ3) is 6.42. The zero-order chi connectivity index (χ0) is 28.4. The lowest BCUT2D eigenvalue weighted by atomic mass is 10.1. The highest BCUT2D eigenvalue weighted by atomic mass is 32.2. The van der Waals surface area contributed by atoms with Crippen LogP contribution in [0.15, 0.2) is 59.8 Å². The third-order valence-electron chi connectivity index (χ3n) is 5.80. The monoisotopic (exact) mass is 567 g/mol. The highest BCUT2D eigenvalue weighted by molar-refractivity contribution is 7.92. The van der Waals surface area contributed by atoms with Gasteiger partial charge in [0.25, 0.3) is 10.0 Å². The number of ether oxygens (including phenoxy) is 1. The molecule has 1 aliphatic heterocycles. The highest BCUT2D eigenvalue weighted by Crippen LogP contribution is 2.40. The Hall–Kier alpha value is -4.27. The average molecular weight is 568 g/mol. The van der Waals surface area contributed by atoms with Gasteiger partial charge in [0.2, 0.25) is 5.91 Å². The minimum absolute atomic E-state index is 0.00904. The van der Waals surface area contributed by atoms with Gasteiger partial charge in [-0.05, 0) is 43.3 Å². The van der Waals surface area contributed by atoms with Crippen LogP contribution in [0.2, 0.25) is 0 Å². The number of hydrogen-bond donors (Lipinski definition) is 3. The number of carbonyl (C=O) groups excluding carboxylic acids is 1. The summed E-state index contributed by atoms with van der Waals surface area (Å²) in [5.74, 6) is -0.442. The molecule has 208 valence electrons. The van der Waals surface area contributed by atoms with Gasteiger partial charge in [0, 0.05) is 30.5 Å². The number of alkyl halides is 3. The van der Waals surface area contributed by atoms with E-state index in [1.165, 1.54) is 18.2 Å². The summed E-state index contributed by atoms with van der Waals surface area (Å²) < 4.78 is 75.4. The minimum atomic E-state index is -4.78. The number of amides is 2. The molecule has 2 aromatic carbocycles. The van der Waals surface area contributed by atoms with Gasteiger partial charge in [0.1, 0.15) is 11.9 Å². The first kappa shape index (κ1) is 27.8. The van der Waals surface area contributed by atoms with E-state index in [0.717, 1.165) is 28.1 Å². The number of nitrogens with one attached hydrogen (secondary N) is 2. The molecule has 39 heavy (non-hydrogen) atoms. The molecule has 11 nitrogen and oxygen atoms in total. The summed E-state index contributed by atoms with van der Waals surface area (Å²) in [7, 11) is -4.59. The summed E-state index contributed by atoms with van der Waals surface area (Å²) in [5.41, 5.74) is -0.479. The fourth-order valence-corrected chi connectivity index (χ4v) is 5.50. The lowest BCUT2D eigenvalue weighted by Crippen LogP contribution is -2.45. The fourth-order valence-electron chi connectivity index (χ4n) is 3.96. The summed E-state index contributed by atoms with van der Waals surface area (Å²) in [6.07, 6.45) is -4.07. The van der Waals surface area contributed by atoms with E-state index in [2.05, 4.69) is 15.7 Å². The quantitative estimate of drug-likeness (QED) is 0.377. The molecule has 0 saturated carbocycles. The van der Waals surface area contributed by atoms with Gasteiger partial charge in [-0.3, -0.25) is 19.1 Å². The number of nitrogens with zero attached hydrogens (tertiary/aromatic N) is 3. The molecule has 1 aliphatic rings. The molecular formula is C24H24F3N5O6S. The number of benzene rings is 2. The Balaban J connectivity index is 1.62. The molecule has 15 heteroatoms. The Kier molecular flexibility index (Phi) is 7.72. The Morgan fingerprint density at radius 2 is 1.97 bits per heavy atom. The van der Waals surface area contributed by atoms with Crippen LogP contribution in [0.5, 0.6) is 5.75 Å². The summed E-state index contributed by atoms with van der Waals surface area (Å²) in [6.45, 7) is 2.33. The van der Waals surface area contributed by atoms with Crippen molar-refractivity contribution in [2.75, 3.05) is 16.2 Å². The molecule has 1 unspecified atom stereocenters. The largest absolute Gasteiger partial charge is 0.486 e. The summed E-state index contributed by atoms with van der Waals surface area (Å²) >= 11 is 0. The third-order valence-corrected chi connectivity index (χ3v) is 7.58. The van der Waals surface area contributed by atoms with Crippen molar-refractivity contribution >= 4 is 33.4 Å². The first-order chi connectivity index (χ1) is 18.4. The maximum Gasteiger partial charge on any atom is 0.416 e. The zero-order valence-electron chi connectivity index (χ0n) is 20.5. The van der Waals surface area contributed by atoms with Gasteiger partial charge in [-0.25, -0.2) is 13.2 Å². The maximum atomic E-state index is 13.6. The molecule has 0 saturated heterocycles. The number of anilines is 2. The fraction of sp³-hybridized carbons (Fsp3) is 0.292. The van der Waals surface area contributed by atoms with Crippen molar-refractivity contribution in [1.82, 2.24) is 15.1 Å². The molecule has 0 fully saturated rings. The van der Waals surface area contributed by atoms with Crippen LogP contribution in [0.25, 0.3) is 0 Å². The lowest BCUT2D eigenvalue weighted by Gasteiger charge is -2.35. The predicted octanol–water partition coefficient (Wildman–Crippen LogP) is 3.67. The van der Waals surface area contributed by atoms with Gasteiger partial charge in [-0.15, -0.1) is 0 Å². The number of hydrogen-bond acceptors (Lipinski definition) is 6. The molecule has 1 atom stereocenters. The van der Waals surface area contributed by atoms with E-state index in [1.54, 1.807) is 17.1 Å². The van der Waals surface area contributed by atoms with Crippen LogP contribution in [0.4, 0.5) is 29.3 Å². The number of halogens is 3. The first-order valence-corrected chi connectivity index (χ1v) is 13.1. The number of sulfonamides is 1. The number of carboxylic acid groups (broad SMARTS) is 1. The second-order valence-corrected chi connectivity index (χ2v) is 10.5. The standard InChI is InChI=1S/C24H24F3N5O6S/c1-2-31-13-15(12-29-31)11-28-22(33)10-18-14-32(20-9-17(30-23(34)35)6-7-21(20)38-18)39(36,37)19-5-3-4-16(8-19)24(25,26)27/h3-9,12-13,18,30H,2,10-11,14H2,1H3,(H,28,33)(H,34,35). The Morgan fingerprint density at radius 3 is 2.64 bits per heavy atom. The number of aromatic nitrogens is 2. The number of carbonyl (C=O) groups is 2. The molecule has 1 aromatic heterocycles. The molecule has 0 bridgehead atoms. The zero-order valence-corrected chi connectivity index (χ0v) is 21.3. The first-order valence-electron chi connectivity index (χ1n) is 11.7. The number of aryl methyl sites for hydroxylation is 1. The summed E-state index contributed by atoms with van der Waals surface area (Å²) in [6, 6.07) is 7.10. The van der Waals surface area contributed by atoms with Crippen molar-refractivity contribution in [2.24, 2.45) is 0 Å². The molecule has 2 heterocycles. The van der Waals surface area contributed by atoms with Crippen molar-refractivity contribution in [3.05, 3.63) is 66.0 Å². The van der Waals surface area contributed by atoms with E-state index in [9.17, 15) is 31.2 Å². The second-order valence-electron chi connectivity index (χ2n) is 8.60. The van der Waals surface area contributed by atoms with Gasteiger partial charge in [-0.1, -0.05) is 6.07 Å². The van der Waals surface area contributed by atoms with Crippen LogP contribution < -0.4 is 19.7 Å². The Morgan fingerprint density at radius 1 is 1.21 bits per heavy atom. The Labute approximate surface area is 221 Å². The smallest absolute Gasteiger partial charge is 0.416 e. The molecule has 4 rings (SSSR count). The highest BCUT2D eigenvalue weighted by Gasteiger charge is 2.37. The number of fused-ring (bicyclic) bond motifs is 1. The van der Waals surface area contributed by atoms with E-state index in [1.807, 2.05) is 6.92 Å². The van der Waals surface area contributed by atoms with Crippen molar-refractivity contribution in [1.29, 1.82) is 0 Å². The maximum absolute atomic E-state index is 13.6. The van der Waals surface area contributed by atoms with E-state index >= 15 is 0 Å². The average Bonchev–Trinajstić information content (AvgIpc) is 3.34. The van der Waals surface area contributed by atoms with Gasteiger partial charge in [0.05, 0.1) is 35.3 Å². The Bertz CT molecular complexity index is 1490. The van der Waals surface area contributed by atoms with Crippen molar-refractivity contribution in [3.8, 4) is 5.75 Å². The molecule has 0 spiro atoms. The van der Waals surface area contributed by atoms with Crippen LogP contribution in [0.1, 0.15) is 24.5 Å². The van der Waals surface area contributed by atoms with E-state index in [4.69, 9.17) is 9.84 Å². The van der Waals surface area contributed by atoms with Crippen molar-refractivity contribution in [2.45, 2.75) is 43.6 Å². The predicted molar refractivity (Wildman–Crippen MR) is 133 cm³/mol. The SMILES string of the molecule is CCn1cc(CNC(=O)CC2CN(S(=O)(=O)c3cccc(C(F)(F)F)c3)c3cc(NC(=O)O)ccc3O2)cn1. The lowest BCUT2D eigenvalue weighted by molar-refractivity contribution is -0.137. The summed E-state index contributed by atoms with van der Waals surface area (Å²) in [4.78, 5) is 23.1. The van der Waals surface area contributed by atoms with Gasteiger partial charge in [-0.2, -0.15) is 18.3 Å². The van der Waals surface area contributed by atoms with E-state index in [0.29, 0.717) is 12.6 Å². The molecule has 0 aliphatic carbocycles. The van der Waals surface area contributed by atoms with Crippen LogP contribution in [0, 0.1) is 0 Å². The molecule has 2 amide bonds. The van der Waals surface area contributed by atoms with Crippen LogP contribution in [0.3, 0.4) is 0 Å². The molecule has 3 aromatic rings. The van der Waals surface area contributed by atoms with Crippen LogP contribution in [-0.4, -0.2) is 48.0 Å². The topological polar surface area (TPSA) is 143 Å².